The maximum atomic E-state index is 12.9. The highest BCUT2D eigenvalue weighted by Gasteiger charge is 2.24. The molecular weight excluding hydrogens is 445 g/mol. The van der Waals surface area contributed by atoms with Gasteiger partial charge in [0.25, 0.3) is 5.91 Å². The lowest BCUT2D eigenvalue weighted by molar-refractivity contribution is 0.0921. The second-order valence-corrected chi connectivity index (χ2v) is 9.87. The molecule has 0 unspecified atom stereocenters. The van der Waals surface area contributed by atoms with Crippen molar-refractivity contribution in [2.45, 2.75) is 51.0 Å². The Morgan fingerprint density at radius 3 is 2.80 bits per heavy atom. The van der Waals surface area contributed by atoms with Crippen LogP contribution < -0.4 is 10.1 Å². The summed E-state index contributed by atoms with van der Waals surface area (Å²) < 4.78 is 19.1. The van der Waals surface area contributed by atoms with Crippen molar-refractivity contribution in [3.8, 4) is 5.88 Å². The van der Waals surface area contributed by atoms with E-state index in [1.54, 1.807) is 10.7 Å². The van der Waals surface area contributed by atoms with Gasteiger partial charge in [-0.2, -0.15) is 5.10 Å². The molecule has 0 spiro atoms. The zero-order valence-corrected chi connectivity index (χ0v) is 20.4. The molecule has 186 valence electrons. The van der Waals surface area contributed by atoms with Gasteiger partial charge in [-0.15, -0.1) is 0 Å². The third-order valence-corrected chi connectivity index (χ3v) is 7.55. The van der Waals surface area contributed by atoms with Gasteiger partial charge in [0.1, 0.15) is 0 Å². The average molecular weight is 480 g/mol. The molecule has 1 aliphatic carbocycles. The summed E-state index contributed by atoms with van der Waals surface area (Å²) in [6.45, 7) is 2.25. The van der Waals surface area contributed by atoms with Crippen LogP contribution in [0.4, 0.5) is 4.39 Å². The highest BCUT2D eigenvalue weighted by molar-refractivity contribution is 6.06. The summed E-state index contributed by atoms with van der Waals surface area (Å²) in [5.41, 5.74) is 3.84. The van der Waals surface area contributed by atoms with Crippen LogP contribution in [-0.4, -0.2) is 58.1 Å². The number of rotatable bonds is 7. The first-order valence-corrected chi connectivity index (χ1v) is 12.7. The lowest BCUT2D eigenvalue weighted by Crippen LogP contribution is -2.38. The molecule has 3 aromatic rings. The van der Waals surface area contributed by atoms with Crippen LogP contribution in [0, 0.1) is 5.92 Å². The Morgan fingerprint density at radius 2 is 1.97 bits per heavy atom. The Bertz CT molecular complexity index is 1170. The number of nitrogens with zero attached hydrogens (tertiary/aromatic N) is 4. The number of alkyl halides is 1. The van der Waals surface area contributed by atoms with Gasteiger partial charge in [-0.25, -0.2) is 9.37 Å². The molecule has 2 aromatic heterocycles. The third-order valence-electron chi connectivity index (χ3n) is 7.55. The number of aryl methyl sites for hydroxylation is 1. The number of nitrogens with one attached hydrogen (secondary N) is 1. The molecule has 1 aliphatic heterocycles. The summed E-state index contributed by atoms with van der Waals surface area (Å²) in [6.07, 6.45) is 9.33. The van der Waals surface area contributed by atoms with Gasteiger partial charge in [0, 0.05) is 55.9 Å². The lowest BCUT2D eigenvalue weighted by Gasteiger charge is -2.30. The van der Waals surface area contributed by atoms with E-state index in [0.717, 1.165) is 74.8 Å². The summed E-state index contributed by atoms with van der Waals surface area (Å²) in [5.74, 6) is 1.09. The van der Waals surface area contributed by atoms with E-state index in [2.05, 4.69) is 20.3 Å². The number of ether oxygens (including phenoxy) is 1. The van der Waals surface area contributed by atoms with Gasteiger partial charge < -0.3 is 15.0 Å². The Morgan fingerprint density at radius 1 is 1.14 bits per heavy atom. The summed E-state index contributed by atoms with van der Waals surface area (Å²) in [5, 5.41) is 8.58. The number of carbonyl (C=O) groups excluding carboxylic acids is 1. The molecule has 0 saturated heterocycles. The van der Waals surface area contributed by atoms with Crippen LogP contribution in [0.1, 0.15) is 53.7 Å². The predicted octanol–water partition coefficient (Wildman–Crippen LogP) is 4.05. The van der Waals surface area contributed by atoms with Crippen molar-refractivity contribution in [1.82, 2.24) is 25.0 Å². The summed E-state index contributed by atoms with van der Waals surface area (Å²) in [7, 11) is 1.88. The number of benzene rings is 1. The fourth-order valence-electron chi connectivity index (χ4n) is 5.55. The van der Waals surface area contributed by atoms with E-state index < -0.39 is 6.86 Å². The van der Waals surface area contributed by atoms with E-state index in [4.69, 9.17) is 4.74 Å². The van der Waals surface area contributed by atoms with Gasteiger partial charge in [-0.1, -0.05) is 12.1 Å². The smallest absolute Gasteiger partial charge is 0.252 e. The Balaban J connectivity index is 1.07. The highest BCUT2D eigenvalue weighted by Crippen LogP contribution is 2.28. The average Bonchev–Trinajstić information content (AvgIpc) is 3.13. The summed E-state index contributed by atoms with van der Waals surface area (Å²) >= 11 is 0. The maximum Gasteiger partial charge on any atom is 0.252 e. The van der Waals surface area contributed by atoms with Crippen LogP contribution in [0.25, 0.3) is 10.9 Å². The van der Waals surface area contributed by atoms with E-state index in [9.17, 15) is 9.18 Å². The van der Waals surface area contributed by atoms with Crippen molar-refractivity contribution < 1.29 is 13.9 Å². The van der Waals surface area contributed by atoms with Gasteiger partial charge in [-0.3, -0.25) is 9.48 Å². The Kier molecular flexibility index (Phi) is 7.27. The van der Waals surface area contributed by atoms with Crippen LogP contribution in [0.2, 0.25) is 0 Å². The number of carbonyl (C=O) groups is 1. The van der Waals surface area contributed by atoms with E-state index in [1.807, 2.05) is 37.5 Å². The molecule has 1 aromatic carbocycles. The first kappa shape index (κ1) is 23.7. The molecule has 3 heterocycles. The zero-order chi connectivity index (χ0) is 24.2. The number of hydrogen-bond donors (Lipinski definition) is 1. The minimum absolute atomic E-state index is 0.00450. The first-order chi connectivity index (χ1) is 17.1. The monoisotopic (exact) mass is 479 g/mol. The molecule has 0 radical (unpaired) electrons. The molecule has 5 rings (SSSR count). The molecule has 8 heteroatoms. The number of fused-ring (bicyclic) bond motifs is 2. The van der Waals surface area contributed by atoms with Crippen LogP contribution in [0.3, 0.4) is 0 Å². The SMILES string of the molecule is Cn1cc2c(C(=O)N[C@H]3CC[C@H](CCN4CCc5ccc(OCF)nc5CC4)CC3)cccc2n1. The fraction of sp³-hybridized carbons (Fsp3) is 0.519. The second kappa shape index (κ2) is 10.7. The molecule has 1 amide bonds. The number of halogens is 1. The predicted molar refractivity (Wildman–Crippen MR) is 133 cm³/mol. The van der Waals surface area contributed by atoms with Crippen LogP contribution >= 0.6 is 0 Å². The van der Waals surface area contributed by atoms with Crippen molar-refractivity contribution in [2.24, 2.45) is 13.0 Å². The van der Waals surface area contributed by atoms with Crippen molar-refractivity contribution in [3.63, 3.8) is 0 Å². The summed E-state index contributed by atoms with van der Waals surface area (Å²) in [4.78, 5) is 20.0. The van der Waals surface area contributed by atoms with E-state index >= 15 is 0 Å². The van der Waals surface area contributed by atoms with Crippen molar-refractivity contribution in [1.29, 1.82) is 0 Å². The molecule has 1 N–H and O–H groups in total. The number of amides is 1. The van der Waals surface area contributed by atoms with Gasteiger partial charge in [0.15, 0.2) is 0 Å². The number of hydrogen-bond acceptors (Lipinski definition) is 5. The van der Waals surface area contributed by atoms with Crippen molar-refractivity contribution in [2.75, 3.05) is 26.5 Å². The topological polar surface area (TPSA) is 72.3 Å². The quantitative estimate of drug-likeness (QED) is 0.554. The van der Waals surface area contributed by atoms with Crippen molar-refractivity contribution >= 4 is 16.8 Å². The molecule has 1 saturated carbocycles. The van der Waals surface area contributed by atoms with E-state index in [0.29, 0.717) is 17.4 Å². The number of pyridine rings is 1. The van der Waals surface area contributed by atoms with Crippen LogP contribution in [-0.2, 0) is 19.9 Å². The number of aromatic nitrogens is 3. The third kappa shape index (κ3) is 5.64. The molecule has 35 heavy (non-hydrogen) atoms. The van der Waals surface area contributed by atoms with Crippen LogP contribution in [0.5, 0.6) is 5.88 Å². The van der Waals surface area contributed by atoms with Gasteiger partial charge in [0.05, 0.1) is 11.1 Å². The van der Waals surface area contributed by atoms with Crippen LogP contribution in [0.15, 0.2) is 36.5 Å². The molecule has 2 aliphatic rings. The van der Waals surface area contributed by atoms with E-state index in [-0.39, 0.29) is 11.9 Å². The normalized spacial score (nSPS) is 20.9. The maximum absolute atomic E-state index is 12.9. The Labute approximate surface area is 205 Å². The standard InChI is InChI=1S/C27H34FN5O2/c1-32-17-23-22(3-2-4-25(23)31-32)27(34)29-21-8-5-19(6-9-21)11-14-33-15-12-20-7-10-26(35-18-28)30-24(20)13-16-33/h2-4,7,10,17,19,21H,5-6,8-9,11-16,18H2,1H3,(H,29,34)/t19-,21-. The zero-order valence-electron chi connectivity index (χ0n) is 20.4. The van der Waals surface area contributed by atoms with E-state index in [1.165, 1.54) is 12.0 Å². The minimum Gasteiger partial charge on any atom is -0.446 e. The largest absolute Gasteiger partial charge is 0.446 e. The molecular formula is C27H34FN5O2. The minimum atomic E-state index is -0.843. The van der Waals surface area contributed by atoms with Gasteiger partial charge in [-0.05, 0) is 68.7 Å². The molecule has 0 bridgehead atoms. The second-order valence-electron chi connectivity index (χ2n) is 9.87. The van der Waals surface area contributed by atoms with Gasteiger partial charge >= 0.3 is 0 Å². The lowest BCUT2D eigenvalue weighted by atomic mass is 9.84. The molecule has 1 fully saturated rings. The van der Waals surface area contributed by atoms with Crippen molar-refractivity contribution in [3.05, 3.63) is 53.3 Å². The fourth-order valence-corrected chi connectivity index (χ4v) is 5.55. The molecule has 0 atom stereocenters. The van der Waals surface area contributed by atoms with Gasteiger partial charge in [0.2, 0.25) is 12.7 Å². The highest BCUT2D eigenvalue weighted by atomic mass is 19.1. The first-order valence-electron chi connectivity index (χ1n) is 12.7. The Hall–Kier alpha value is -3.00. The summed E-state index contributed by atoms with van der Waals surface area (Å²) in [6, 6.07) is 9.76. The molecule has 7 nitrogen and oxygen atoms in total.